The number of hydrogen-bond donors (Lipinski definition) is 1. The summed E-state index contributed by atoms with van der Waals surface area (Å²) < 4.78 is 14.5. The first kappa shape index (κ1) is 17.7. The molecule has 23 heavy (non-hydrogen) atoms. The van der Waals surface area contributed by atoms with Crippen LogP contribution in [0, 0.1) is 5.92 Å². The predicted molar refractivity (Wildman–Crippen MR) is 86.5 cm³/mol. The zero-order valence-electron chi connectivity index (χ0n) is 13.7. The van der Waals surface area contributed by atoms with E-state index in [2.05, 4.69) is 4.90 Å². The SMILES string of the molecule is CC(C)CC(C(=O)O)n1cc(CCN2CCC(F)C2)ccc1=O. The first-order valence-electron chi connectivity index (χ1n) is 8.17. The number of halogens is 1. The Morgan fingerprint density at radius 3 is 2.74 bits per heavy atom. The molecule has 6 heteroatoms. The molecule has 2 unspecified atom stereocenters. The highest BCUT2D eigenvalue weighted by Gasteiger charge is 2.23. The van der Waals surface area contributed by atoms with E-state index in [-0.39, 0.29) is 11.5 Å². The molecule has 0 radical (unpaired) electrons. The molecule has 1 fully saturated rings. The molecule has 5 nitrogen and oxygen atoms in total. The topological polar surface area (TPSA) is 62.5 Å². The number of aliphatic carboxylic acids is 1. The van der Waals surface area contributed by atoms with Crippen molar-refractivity contribution in [2.24, 2.45) is 5.92 Å². The van der Waals surface area contributed by atoms with Crippen molar-refractivity contribution in [1.82, 2.24) is 9.47 Å². The number of carboxylic acids is 1. The van der Waals surface area contributed by atoms with E-state index in [1.165, 1.54) is 10.6 Å². The Hall–Kier alpha value is -1.69. The summed E-state index contributed by atoms with van der Waals surface area (Å²) in [6.45, 7) is 5.81. The zero-order valence-corrected chi connectivity index (χ0v) is 13.7. The Kier molecular flexibility index (Phi) is 5.93. The molecule has 0 aromatic carbocycles. The number of likely N-dealkylation sites (tertiary alicyclic amines) is 1. The minimum Gasteiger partial charge on any atom is -0.480 e. The fourth-order valence-electron chi connectivity index (χ4n) is 3.00. The van der Waals surface area contributed by atoms with Crippen LogP contribution in [0.15, 0.2) is 23.1 Å². The van der Waals surface area contributed by atoms with Gasteiger partial charge in [0.05, 0.1) is 0 Å². The van der Waals surface area contributed by atoms with Crippen molar-refractivity contribution in [3.8, 4) is 0 Å². The fraction of sp³-hybridized carbons (Fsp3) is 0.647. The van der Waals surface area contributed by atoms with Gasteiger partial charge in [-0.1, -0.05) is 19.9 Å². The molecule has 0 amide bonds. The van der Waals surface area contributed by atoms with Crippen molar-refractivity contribution >= 4 is 5.97 Å². The Balaban J connectivity index is 2.11. The molecule has 0 bridgehead atoms. The molecule has 0 spiro atoms. The summed E-state index contributed by atoms with van der Waals surface area (Å²) in [5.41, 5.74) is 0.605. The smallest absolute Gasteiger partial charge is 0.326 e. The summed E-state index contributed by atoms with van der Waals surface area (Å²) in [5.74, 6) is -0.810. The quantitative estimate of drug-likeness (QED) is 0.834. The summed E-state index contributed by atoms with van der Waals surface area (Å²) in [6.07, 6.45) is 2.57. The second kappa shape index (κ2) is 7.73. The van der Waals surface area contributed by atoms with Gasteiger partial charge in [0.1, 0.15) is 12.2 Å². The van der Waals surface area contributed by atoms with Crippen molar-refractivity contribution < 1.29 is 14.3 Å². The minimum absolute atomic E-state index is 0.178. The summed E-state index contributed by atoms with van der Waals surface area (Å²) in [5, 5.41) is 9.41. The Morgan fingerprint density at radius 1 is 1.43 bits per heavy atom. The van der Waals surface area contributed by atoms with E-state index in [4.69, 9.17) is 0 Å². The molecular formula is C17H25FN2O3. The van der Waals surface area contributed by atoms with Crippen LogP contribution in [0.1, 0.15) is 38.3 Å². The molecule has 1 aliphatic heterocycles. The second-order valence-corrected chi connectivity index (χ2v) is 6.70. The number of carbonyl (C=O) groups is 1. The molecule has 2 heterocycles. The average Bonchev–Trinajstić information content (AvgIpc) is 2.89. The zero-order chi connectivity index (χ0) is 17.0. The molecule has 1 N–H and O–H groups in total. The van der Waals surface area contributed by atoms with E-state index in [1.807, 2.05) is 13.8 Å². The largest absolute Gasteiger partial charge is 0.480 e. The predicted octanol–water partition coefficient (Wildman–Crippen LogP) is 2.11. The lowest BCUT2D eigenvalue weighted by atomic mass is 10.0. The van der Waals surface area contributed by atoms with Crippen LogP contribution in [0.3, 0.4) is 0 Å². The van der Waals surface area contributed by atoms with E-state index in [0.29, 0.717) is 25.8 Å². The Bertz CT molecular complexity index is 600. The van der Waals surface area contributed by atoms with Crippen LogP contribution in [-0.4, -0.2) is 46.3 Å². The summed E-state index contributed by atoms with van der Waals surface area (Å²) >= 11 is 0. The van der Waals surface area contributed by atoms with E-state index < -0.39 is 18.2 Å². The average molecular weight is 324 g/mol. The number of alkyl halides is 1. The van der Waals surface area contributed by atoms with Gasteiger partial charge in [0.15, 0.2) is 0 Å². The third kappa shape index (κ3) is 4.89. The van der Waals surface area contributed by atoms with Gasteiger partial charge in [0.2, 0.25) is 0 Å². The molecule has 0 saturated carbocycles. The highest BCUT2D eigenvalue weighted by atomic mass is 19.1. The van der Waals surface area contributed by atoms with Crippen LogP contribution >= 0.6 is 0 Å². The molecular weight excluding hydrogens is 299 g/mol. The monoisotopic (exact) mass is 324 g/mol. The fourth-order valence-corrected chi connectivity index (χ4v) is 3.00. The summed E-state index contributed by atoms with van der Waals surface area (Å²) in [7, 11) is 0. The van der Waals surface area contributed by atoms with Crippen molar-refractivity contribution in [1.29, 1.82) is 0 Å². The molecule has 1 aliphatic rings. The van der Waals surface area contributed by atoms with Gasteiger partial charge >= 0.3 is 5.97 Å². The summed E-state index contributed by atoms with van der Waals surface area (Å²) in [6, 6.07) is 2.31. The van der Waals surface area contributed by atoms with Crippen LogP contribution in [0.25, 0.3) is 0 Å². The van der Waals surface area contributed by atoms with Gasteiger partial charge in [-0.3, -0.25) is 4.79 Å². The lowest BCUT2D eigenvalue weighted by molar-refractivity contribution is -0.141. The van der Waals surface area contributed by atoms with Crippen LogP contribution in [0.4, 0.5) is 4.39 Å². The maximum absolute atomic E-state index is 13.2. The summed E-state index contributed by atoms with van der Waals surface area (Å²) in [4.78, 5) is 25.6. The molecule has 128 valence electrons. The van der Waals surface area contributed by atoms with Crippen LogP contribution < -0.4 is 5.56 Å². The number of carboxylic acid groups (broad SMARTS) is 1. The van der Waals surface area contributed by atoms with E-state index in [0.717, 1.165) is 18.7 Å². The van der Waals surface area contributed by atoms with Gasteiger partial charge in [-0.2, -0.15) is 0 Å². The maximum Gasteiger partial charge on any atom is 0.326 e. The van der Waals surface area contributed by atoms with E-state index in [1.54, 1.807) is 12.3 Å². The molecule has 1 aromatic heterocycles. The van der Waals surface area contributed by atoms with Gasteiger partial charge < -0.3 is 14.6 Å². The lowest BCUT2D eigenvalue weighted by Crippen LogP contribution is -2.31. The van der Waals surface area contributed by atoms with E-state index >= 15 is 0 Å². The van der Waals surface area contributed by atoms with Crippen molar-refractivity contribution in [3.63, 3.8) is 0 Å². The van der Waals surface area contributed by atoms with Crippen LogP contribution in [0.5, 0.6) is 0 Å². The van der Waals surface area contributed by atoms with Gasteiger partial charge in [-0.25, -0.2) is 9.18 Å². The molecule has 1 saturated heterocycles. The molecule has 0 aliphatic carbocycles. The van der Waals surface area contributed by atoms with E-state index in [9.17, 15) is 19.1 Å². The van der Waals surface area contributed by atoms with Gasteiger partial charge in [0, 0.05) is 31.9 Å². The molecule has 2 atom stereocenters. The van der Waals surface area contributed by atoms with Gasteiger partial charge in [-0.15, -0.1) is 0 Å². The number of rotatable bonds is 7. The lowest BCUT2D eigenvalue weighted by Gasteiger charge is -2.19. The first-order valence-corrected chi connectivity index (χ1v) is 8.17. The van der Waals surface area contributed by atoms with Gasteiger partial charge in [0.25, 0.3) is 5.56 Å². The Labute approximate surface area is 135 Å². The van der Waals surface area contributed by atoms with Crippen molar-refractivity contribution in [2.75, 3.05) is 19.6 Å². The number of hydrogen-bond acceptors (Lipinski definition) is 3. The molecule has 1 aromatic rings. The number of pyridine rings is 1. The maximum atomic E-state index is 13.2. The third-order valence-corrected chi connectivity index (χ3v) is 4.25. The van der Waals surface area contributed by atoms with Crippen LogP contribution in [-0.2, 0) is 11.2 Å². The first-order chi connectivity index (χ1) is 10.9. The second-order valence-electron chi connectivity index (χ2n) is 6.70. The Morgan fingerprint density at radius 2 is 2.17 bits per heavy atom. The van der Waals surface area contributed by atoms with Crippen molar-refractivity contribution in [2.45, 2.75) is 45.3 Å². The highest BCUT2D eigenvalue weighted by Crippen LogP contribution is 2.17. The van der Waals surface area contributed by atoms with Crippen LogP contribution in [0.2, 0.25) is 0 Å². The third-order valence-electron chi connectivity index (χ3n) is 4.25. The number of nitrogens with zero attached hydrogens (tertiary/aromatic N) is 2. The standard InChI is InChI=1S/C17H25FN2O3/c1-12(2)9-15(17(22)23)20-10-13(3-4-16(20)21)5-7-19-8-6-14(18)11-19/h3-4,10,12,14-15H,5-9,11H2,1-2H3,(H,22,23). The van der Waals surface area contributed by atoms with Crippen molar-refractivity contribution in [3.05, 3.63) is 34.2 Å². The normalized spacial score (nSPS) is 20.1. The minimum atomic E-state index is -0.988. The number of aromatic nitrogens is 1. The highest BCUT2D eigenvalue weighted by molar-refractivity contribution is 5.71. The molecule has 2 rings (SSSR count). The van der Waals surface area contributed by atoms with Gasteiger partial charge in [-0.05, 0) is 30.7 Å².